The summed E-state index contributed by atoms with van der Waals surface area (Å²) in [5, 5.41) is 10.5. The van der Waals surface area contributed by atoms with E-state index in [0.29, 0.717) is 42.8 Å². The zero-order chi connectivity index (χ0) is 15.9. The van der Waals surface area contributed by atoms with Crippen LogP contribution in [0, 0.1) is 11.3 Å². The highest BCUT2D eigenvalue weighted by molar-refractivity contribution is 6.42. The summed E-state index contributed by atoms with van der Waals surface area (Å²) in [5.74, 6) is 0. The zero-order valence-electron chi connectivity index (χ0n) is 11.0. The van der Waals surface area contributed by atoms with Crippen molar-refractivity contribution < 1.29 is 0 Å². The number of fused-ring (bicyclic) bond motifs is 1. The van der Waals surface area contributed by atoms with Gasteiger partial charge in [0, 0.05) is 22.0 Å². The fourth-order valence-electron chi connectivity index (χ4n) is 2.19. The molecule has 3 nitrogen and oxygen atoms in total. The molecule has 1 aromatic heterocycles. The van der Waals surface area contributed by atoms with E-state index in [1.165, 1.54) is 12.1 Å². The molecule has 0 aliphatic rings. The molecule has 0 aliphatic heterocycles. The lowest BCUT2D eigenvalue weighted by atomic mass is 10.1. The molecule has 1 N–H and O–H groups in total. The van der Waals surface area contributed by atoms with Crippen molar-refractivity contribution in [2.45, 2.75) is 0 Å². The van der Waals surface area contributed by atoms with E-state index in [2.05, 4.69) is 4.98 Å². The predicted molar refractivity (Wildman–Crippen MR) is 89.7 cm³/mol. The number of hydrogen-bond donors (Lipinski definition) is 1. The van der Waals surface area contributed by atoms with Gasteiger partial charge in [-0.25, -0.2) is 0 Å². The SMILES string of the molecule is N#Cc1ccc(Cl)c(-c2cc(=O)c3cc(Cl)c(Cl)cc3[nH]2)c1. The Morgan fingerprint density at radius 1 is 0.955 bits per heavy atom. The second-order valence-corrected chi connectivity index (χ2v) is 5.89. The molecular formula is C16H7Cl3N2O. The average molecular weight is 350 g/mol. The number of benzene rings is 2. The summed E-state index contributed by atoms with van der Waals surface area (Å²) in [6, 6.07) is 11.4. The molecule has 0 spiro atoms. The molecule has 0 atom stereocenters. The van der Waals surface area contributed by atoms with Crippen LogP contribution < -0.4 is 5.43 Å². The third-order valence-corrected chi connectivity index (χ3v) is 4.31. The lowest BCUT2D eigenvalue weighted by Crippen LogP contribution is -2.03. The number of rotatable bonds is 1. The number of H-pyrrole nitrogens is 1. The van der Waals surface area contributed by atoms with Crippen LogP contribution in [0.1, 0.15) is 5.56 Å². The number of aromatic amines is 1. The highest BCUT2D eigenvalue weighted by Gasteiger charge is 2.10. The Morgan fingerprint density at radius 2 is 1.68 bits per heavy atom. The van der Waals surface area contributed by atoms with Gasteiger partial charge in [-0.3, -0.25) is 4.79 Å². The first-order chi connectivity index (χ1) is 10.5. The maximum absolute atomic E-state index is 12.3. The van der Waals surface area contributed by atoms with Crippen molar-refractivity contribution in [1.29, 1.82) is 5.26 Å². The molecule has 6 heteroatoms. The fraction of sp³-hybridized carbons (Fsp3) is 0. The van der Waals surface area contributed by atoms with Crippen LogP contribution in [0.4, 0.5) is 0 Å². The van der Waals surface area contributed by atoms with Crippen molar-refractivity contribution in [1.82, 2.24) is 4.98 Å². The maximum atomic E-state index is 12.3. The van der Waals surface area contributed by atoms with Gasteiger partial charge in [0.25, 0.3) is 0 Å². The smallest absolute Gasteiger partial charge is 0.190 e. The van der Waals surface area contributed by atoms with Crippen molar-refractivity contribution in [2.75, 3.05) is 0 Å². The third-order valence-electron chi connectivity index (χ3n) is 3.26. The molecule has 0 bridgehead atoms. The van der Waals surface area contributed by atoms with Crippen LogP contribution >= 0.6 is 34.8 Å². The molecule has 0 fully saturated rings. The lowest BCUT2D eigenvalue weighted by Gasteiger charge is -2.08. The molecule has 3 aromatic rings. The number of hydrogen-bond acceptors (Lipinski definition) is 2. The Bertz CT molecular complexity index is 1000. The molecule has 1 heterocycles. The predicted octanol–water partition coefficient (Wildman–Crippen LogP) is 5.03. The van der Waals surface area contributed by atoms with Crippen LogP contribution in [0.3, 0.4) is 0 Å². The van der Waals surface area contributed by atoms with Crippen LogP contribution in [-0.2, 0) is 0 Å². The van der Waals surface area contributed by atoms with Gasteiger partial charge in [0.1, 0.15) is 0 Å². The van der Waals surface area contributed by atoms with Gasteiger partial charge in [-0.15, -0.1) is 0 Å². The minimum atomic E-state index is -0.208. The van der Waals surface area contributed by atoms with Gasteiger partial charge in [-0.2, -0.15) is 5.26 Å². The van der Waals surface area contributed by atoms with Crippen molar-refractivity contribution in [2.24, 2.45) is 0 Å². The van der Waals surface area contributed by atoms with Crippen LogP contribution in [0.2, 0.25) is 15.1 Å². The molecule has 0 unspecified atom stereocenters. The zero-order valence-corrected chi connectivity index (χ0v) is 13.2. The summed E-state index contributed by atoms with van der Waals surface area (Å²) in [4.78, 5) is 15.4. The maximum Gasteiger partial charge on any atom is 0.190 e. The number of nitrogens with zero attached hydrogens (tertiary/aromatic N) is 1. The number of halogens is 3. The number of aromatic nitrogens is 1. The second-order valence-electron chi connectivity index (χ2n) is 4.67. The molecule has 108 valence electrons. The highest BCUT2D eigenvalue weighted by atomic mass is 35.5. The highest BCUT2D eigenvalue weighted by Crippen LogP contribution is 2.30. The first-order valence-corrected chi connectivity index (χ1v) is 7.35. The van der Waals surface area contributed by atoms with E-state index >= 15 is 0 Å². The number of pyridine rings is 1. The molecule has 0 aliphatic carbocycles. The van der Waals surface area contributed by atoms with E-state index in [4.69, 9.17) is 40.1 Å². The molecule has 3 rings (SSSR count). The van der Waals surface area contributed by atoms with Gasteiger partial charge < -0.3 is 4.98 Å². The number of nitriles is 1. The van der Waals surface area contributed by atoms with Crippen LogP contribution in [0.15, 0.2) is 41.2 Å². The molecule has 0 amide bonds. The summed E-state index contributed by atoms with van der Waals surface area (Å²) in [6.07, 6.45) is 0. The fourth-order valence-corrected chi connectivity index (χ4v) is 2.74. The van der Waals surface area contributed by atoms with E-state index < -0.39 is 0 Å². The first kappa shape index (κ1) is 14.9. The monoisotopic (exact) mass is 348 g/mol. The quantitative estimate of drug-likeness (QED) is 0.670. The van der Waals surface area contributed by atoms with Crippen LogP contribution in [0.25, 0.3) is 22.2 Å². The molecule has 22 heavy (non-hydrogen) atoms. The normalized spacial score (nSPS) is 10.6. The molecule has 0 saturated heterocycles. The molecule has 0 radical (unpaired) electrons. The van der Waals surface area contributed by atoms with E-state index in [1.807, 2.05) is 6.07 Å². The second kappa shape index (κ2) is 5.66. The van der Waals surface area contributed by atoms with E-state index in [-0.39, 0.29) is 5.43 Å². The topological polar surface area (TPSA) is 56.6 Å². The third kappa shape index (κ3) is 2.57. The van der Waals surface area contributed by atoms with E-state index in [9.17, 15) is 4.79 Å². The number of nitrogens with one attached hydrogen (secondary N) is 1. The van der Waals surface area contributed by atoms with Crippen molar-refractivity contribution in [3.63, 3.8) is 0 Å². The lowest BCUT2D eigenvalue weighted by molar-refractivity contribution is 1.37. The largest absolute Gasteiger partial charge is 0.354 e. The van der Waals surface area contributed by atoms with E-state index in [0.717, 1.165) is 0 Å². The Balaban J connectivity index is 2.32. The molecule has 2 aromatic carbocycles. The van der Waals surface area contributed by atoms with Gasteiger partial charge in [-0.05, 0) is 30.3 Å². The Labute approximate surface area is 140 Å². The van der Waals surface area contributed by atoms with Gasteiger partial charge in [0.05, 0.1) is 32.9 Å². The van der Waals surface area contributed by atoms with E-state index in [1.54, 1.807) is 24.3 Å². The van der Waals surface area contributed by atoms with Crippen molar-refractivity contribution in [3.05, 3.63) is 67.3 Å². The minimum absolute atomic E-state index is 0.208. The first-order valence-electron chi connectivity index (χ1n) is 6.21. The van der Waals surface area contributed by atoms with Gasteiger partial charge in [-0.1, -0.05) is 34.8 Å². The van der Waals surface area contributed by atoms with Gasteiger partial charge >= 0.3 is 0 Å². The van der Waals surface area contributed by atoms with Crippen molar-refractivity contribution >= 4 is 45.7 Å². The summed E-state index contributed by atoms with van der Waals surface area (Å²) in [5.41, 5.74) is 1.88. The van der Waals surface area contributed by atoms with Crippen molar-refractivity contribution in [3.8, 4) is 17.3 Å². The Morgan fingerprint density at radius 3 is 2.41 bits per heavy atom. The standard InChI is InChI=1S/C16H7Cl3N2O/c17-11-2-1-8(7-20)3-9(11)15-6-16(22)10-4-12(18)13(19)5-14(10)21-15/h1-6H,(H,21,22). The Hall–Kier alpha value is -1.99. The Kier molecular flexibility index (Phi) is 3.84. The molecular weight excluding hydrogens is 343 g/mol. The summed E-state index contributed by atoms with van der Waals surface area (Å²) in [7, 11) is 0. The summed E-state index contributed by atoms with van der Waals surface area (Å²) >= 11 is 18.1. The minimum Gasteiger partial charge on any atom is -0.354 e. The summed E-state index contributed by atoms with van der Waals surface area (Å²) in [6.45, 7) is 0. The molecule has 0 saturated carbocycles. The van der Waals surface area contributed by atoms with Crippen LogP contribution in [-0.4, -0.2) is 4.98 Å². The van der Waals surface area contributed by atoms with Gasteiger partial charge in [0.15, 0.2) is 5.43 Å². The van der Waals surface area contributed by atoms with Crippen LogP contribution in [0.5, 0.6) is 0 Å². The average Bonchev–Trinajstić information content (AvgIpc) is 2.49. The van der Waals surface area contributed by atoms with Gasteiger partial charge in [0.2, 0.25) is 0 Å². The summed E-state index contributed by atoms with van der Waals surface area (Å²) < 4.78 is 0.